The number of aromatic nitrogens is 1. The molecule has 1 aliphatic rings. The van der Waals surface area contributed by atoms with Gasteiger partial charge in [0.2, 0.25) is 0 Å². The Balaban J connectivity index is 1.98. The van der Waals surface area contributed by atoms with Crippen molar-refractivity contribution in [2.45, 2.75) is 25.8 Å². The van der Waals surface area contributed by atoms with Gasteiger partial charge in [0, 0.05) is 39.0 Å². The van der Waals surface area contributed by atoms with Crippen LogP contribution in [0.25, 0.3) is 0 Å². The summed E-state index contributed by atoms with van der Waals surface area (Å²) in [4.78, 5) is 6.80. The van der Waals surface area contributed by atoms with Crippen LogP contribution in [0.1, 0.15) is 31.4 Å². The number of anilines is 1. The second-order valence-electron chi connectivity index (χ2n) is 5.12. The Labute approximate surface area is 109 Å². The van der Waals surface area contributed by atoms with E-state index < -0.39 is 0 Å². The number of ether oxygens (including phenoxy) is 1. The number of hydrogen-bond donors (Lipinski definition) is 1. The summed E-state index contributed by atoms with van der Waals surface area (Å²) in [6.07, 6.45) is 4.21. The summed E-state index contributed by atoms with van der Waals surface area (Å²) < 4.78 is 5.22. The first-order valence-electron chi connectivity index (χ1n) is 6.66. The fraction of sp³-hybridized carbons (Fsp3) is 0.643. The number of hydrogen-bond acceptors (Lipinski definition) is 4. The van der Waals surface area contributed by atoms with Crippen LogP contribution in [0.3, 0.4) is 0 Å². The third kappa shape index (κ3) is 3.21. The third-order valence-corrected chi connectivity index (χ3v) is 3.64. The number of rotatable bonds is 4. The normalized spacial score (nSPS) is 18.9. The Kier molecular flexibility index (Phi) is 4.55. The van der Waals surface area contributed by atoms with Gasteiger partial charge in [-0.3, -0.25) is 0 Å². The molecule has 18 heavy (non-hydrogen) atoms. The van der Waals surface area contributed by atoms with Gasteiger partial charge in [-0.2, -0.15) is 0 Å². The molecule has 2 rings (SSSR count). The summed E-state index contributed by atoms with van der Waals surface area (Å²) in [5.74, 6) is 1.75. The SMILES string of the molecule is COCC1CCN(c2cc([C@@H](C)N)ccn2)CC1. The lowest BCUT2D eigenvalue weighted by atomic mass is 9.97. The minimum atomic E-state index is 0.0674. The van der Waals surface area contributed by atoms with Crippen LogP contribution in [0.15, 0.2) is 18.3 Å². The maximum absolute atomic E-state index is 5.91. The van der Waals surface area contributed by atoms with E-state index in [-0.39, 0.29) is 6.04 Å². The van der Waals surface area contributed by atoms with Gasteiger partial charge in [-0.25, -0.2) is 4.98 Å². The quantitative estimate of drug-likeness (QED) is 0.886. The summed E-state index contributed by atoms with van der Waals surface area (Å²) in [5.41, 5.74) is 7.06. The molecule has 1 aromatic rings. The zero-order valence-electron chi connectivity index (χ0n) is 11.3. The zero-order valence-corrected chi connectivity index (χ0v) is 11.3. The Bertz CT molecular complexity index is 373. The lowest BCUT2D eigenvalue weighted by molar-refractivity contribution is 0.139. The van der Waals surface area contributed by atoms with Crippen LogP contribution in [-0.2, 0) is 4.74 Å². The standard InChI is InChI=1S/C14H23N3O/c1-11(15)13-3-6-16-14(9-13)17-7-4-12(5-8-17)10-18-2/h3,6,9,11-12H,4-5,7-8,10,15H2,1-2H3/t11-/m1/s1. The number of pyridine rings is 1. The van der Waals surface area contributed by atoms with E-state index in [1.54, 1.807) is 7.11 Å². The second-order valence-corrected chi connectivity index (χ2v) is 5.12. The minimum Gasteiger partial charge on any atom is -0.384 e. The number of piperidine rings is 1. The predicted octanol–water partition coefficient (Wildman–Crippen LogP) is 1.96. The topological polar surface area (TPSA) is 51.4 Å². The lowest BCUT2D eigenvalue weighted by Gasteiger charge is -2.32. The van der Waals surface area contributed by atoms with Crippen molar-refractivity contribution in [1.82, 2.24) is 4.98 Å². The van der Waals surface area contributed by atoms with Crippen LogP contribution in [0.4, 0.5) is 5.82 Å². The van der Waals surface area contributed by atoms with Crippen molar-refractivity contribution in [3.05, 3.63) is 23.9 Å². The zero-order chi connectivity index (χ0) is 13.0. The average Bonchev–Trinajstić information content (AvgIpc) is 2.40. The van der Waals surface area contributed by atoms with E-state index >= 15 is 0 Å². The van der Waals surface area contributed by atoms with Gasteiger partial charge in [-0.05, 0) is 43.4 Å². The van der Waals surface area contributed by atoms with Crippen molar-refractivity contribution >= 4 is 5.82 Å². The molecule has 1 atom stereocenters. The molecule has 100 valence electrons. The molecule has 4 nitrogen and oxygen atoms in total. The molecule has 1 fully saturated rings. The van der Waals surface area contributed by atoms with Crippen molar-refractivity contribution in [3.63, 3.8) is 0 Å². The monoisotopic (exact) mass is 249 g/mol. The van der Waals surface area contributed by atoms with Crippen molar-refractivity contribution < 1.29 is 4.74 Å². The molecule has 0 aromatic carbocycles. The summed E-state index contributed by atoms with van der Waals surface area (Å²) in [6.45, 7) is 5.00. The van der Waals surface area contributed by atoms with Gasteiger partial charge in [-0.1, -0.05) is 0 Å². The van der Waals surface area contributed by atoms with Gasteiger partial charge in [-0.15, -0.1) is 0 Å². The summed E-state index contributed by atoms with van der Waals surface area (Å²) in [7, 11) is 1.78. The van der Waals surface area contributed by atoms with E-state index in [9.17, 15) is 0 Å². The summed E-state index contributed by atoms with van der Waals surface area (Å²) >= 11 is 0. The van der Waals surface area contributed by atoms with Crippen molar-refractivity contribution in [2.75, 3.05) is 31.7 Å². The maximum Gasteiger partial charge on any atom is 0.128 e. The lowest BCUT2D eigenvalue weighted by Crippen LogP contribution is -2.35. The fourth-order valence-corrected chi connectivity index (χ4v) is 2.45. The molecule has 0 aliphatic carbocycles. The van der Waals surface area contributed by atoms with Gasteiger partial charge in [0.1, 0.15) is 5.82 Å². The maximum atomic E-state index is 5.91. The first-order valence-corrected chi connectivity index (χ1v) is 6.66. The highest BCUT2D eigenvalue weighted by Crippen LogP contribution is 2.23. The molecular weight excluding hydrogens is 226 g/mol. The highest BCUT2D eigenvalue weighted by Gasteiger charge is 2.20. The van der Waals surface area contributed by atoms with Crippen molar-refractivity contribution in [2.24, 2.45) is 11.7 Å². The van der Waals surface area contributed by atoms with Gasteiger partial charge < -0.3 is 15.4 Å². The predicted molar refractivity (Wildman–Crippen MR) is 73.7 cm³/mol. The van der Waals surface area contributed by atoms with Gasteiger partial charge in [0.05, 0.1) is 0 Å². The number of methoxy groups -OCH3 is 1. The summed E-state index contributed by atoms with van der Waals surface area (Å²) in [5, 5.41) is 0. The Morgan fingerprint density at radius 2 is 2.22 bits per heavy atom. The Morgan fingerprint density at radius 1 is 1.50 bits per heavy atom. The molecule has 1 saturated heterocycles. The third-order valence-electron chi connectivity index (χ3n) is 3.64. The Morgan fingerprint density at radius 3 is 2.83 bits per heavy atom. The number of nitrogens with two attached hydrogens (primary N) is 1. The molecule has 2 heterocycles. The summed E-state index contributed by atoms with van der Waals surface area (Å²) in [6, 6.07) is 4.17. The first kappa shape index (κ1) is 13.3. The second kappa shape index (κ2) is 6.16. The van der Waals surface area contributed by atoms with Crippen LogP contribution >= 0.6 is 0 Å². The largest absolute Gasteiger partial charge is 0.384 e. The molecule has 0 spiro atoms. The molecule has 0 saturated carbocycles. The molecule has 1 aromatic heterocycles. The van der Waals surface area contributed by atoms with E-state index in [2.05, 4.69) is 16.0 Å². The smallest absolute Gasteiger partial charge is 0.128 e. The minimum absolute atomic E-state index is 0.0674. The van der Waals surface area contributed by atoms with E-state index in [1.807, 2.05) is 19.2 Å². The molecule has 4 heteroatoms. The molecule has 0 radical (unpaired) electrons. The molecule has 2 N–H and O–H groups in total. The van der Waals surface area contributed by atoms with E-state index in [0.717, 1.165) is 31.1 Å². The molecule has 0 unspecified atom stereocenters. The van der Waals surface area contributed by atoms with Crippen LogP contribution < -0.4 is 10.6 Å². The van der Waals surface area contributed by atoms with Gasteiger partial charge in [0.25, 0.3) is 0 Å². The van der Waals surface area contributed by atoms with E-state index in [4.69, 9.17) is 10.5 Å². The highest BCUT2D eigenvalue weighted by molar-refractivity contribution is 5.42. The average molecular weight is 249 g/mol. The molecule has 0 bridgehead atoms. The van der Waals surface area contributed by atoms with Gasteiger partial charge in [0.15, 0.2) is 0 Å². The Hall–Kier alpha value is -1.13. The molecule has 1 aliphatic heterocycles. The first-order chi connectivity index (χ1) is 8.70. The van der Waals surface area contributed by atoms with Crippen LogP contribution in [0, 0.1) is 5.92 Å². The van der Waals surface area contributed by atoms with Crippen LogP contribution in [0.2, 0.25) is 0 Å². The fourth-order valence-electron chi connectivity index (χ4n) is 2.45. The van der Waals surface area contributed by atoms with E-state index in [0.29, 0.717) is 5.92 Å². The van der Waals surface area contributed by atoms with Crippen LogP contribution in [-0.4, -0.2) is 31.8 Å². The van der Waals surface area contributed by atoms with Gasteiger partial charge >= 0.3 is 0 Å². The van der Waals surface area contributed by atoms with Crippen molar-refractivity contribution in [1.29, 1.82) is 0 Å². The number of nitrogens with zero attached hydrogens (tertiary/aromatic N) is 2. The molecule has 0 amide bonds. The molecular formula is C14H23N3O. The highest BCUT2D eigenvalue weighted by atomic mass is 16.5. The van der Waals surface area contributed by atoms with Crippen LogP contribution in [0.5, 0.6) is 0 Å². The van der Waals surface area contributed by atoms with E-state index in [1.165, 1.54) is 12.8 Å². The van der Waals surface area contributed by atoms with Crippen molar-refractivity contribution in [3.8, 4) is 0 Å².